The summed E-state index contributed by atoms with van der Waals surface area (Å²) in [7, 11) is -7.64. The molecule has 2 fully saturated rings. The third-order valence-corrected chi connectivity index (χ3v) is 13.3. The number of nitrogens with zero attached hydrogens (tertiary/aromatic N) is 3. The van der Waals surface area contributed by atoms with E-state index in [2.05, 4.69) is 14.6 Å². The monoisotopic (exact) mass is 710 g/mol. The number of sulfonamides is 2. The van der Waals surface area contributed by atoms with Gasteiger partial charge in [0.2, 0.25) is 20.0 Å². The number of rotatable bonds is 13. The van der Waals surface area contributed by atoms with E-state index in [1.165, 1.54) is 30.5 Å². The number of carbonyl (C=O) groups is 1. The lowest BCUT2D eigenvalue weighted by molar-refractivity contribution is -0.138. The van der Waals surface area contributed by atoms with Crippen molar-refractivity contribution in [3.05, 3.63) is 70.4 Å². The first kappa shape index (κ1) is 34.8. The molecule has 2 aromatic rings. The van der Waals surface area contributed by atoms with Gasteiger partial charge in [0.05, 0.1) is 14.9 Å². The number of piperidine rings is 2. The molecule has 1 unspecified atom stereocenters. The summed E-state index contributed by atoms with van der Waals surface area (Å²) in [5.41, 5.74) is 0.863. The minimum Gasteiger partial charge on any atom is -0.480 e. The molecule has 0 radical (unpaired) electrons. The maximum absolute atomic E-state index is 13.0. The average Bonchev–Trinajstić information content (AvgIpc) is 3.56. The van der Waals surface area contributed by atoms with Gasteiger partial charge in [-0.3, -0.25) is 4.79 Å². The van der Waals surface area contributed by atoms with Crippen LogP contribution in [0.4, 0.5) is 5.82 Å². The van der Waals surface area contributed by atoms with Gasteiger partial charge in [0.25, 0.3) is 0 Å². The molecule has 2 saturated heterocycles. The summed E-state index contributed by atoms with van der Waals surface area (Å²) in [5.74, 6) is 0.600. The molecule has 250 valence electrons. The summed E-state index contributed by atoms with van der Waals surface area (Å²) in [6.45, 7) is 2.67. The zero-order chi connectivity index (χ0) is 32.9. The lowest BCUT2D eigenvalue weighted by Crippen LogP contribution is -2.41. The van der Waals surface area contributed by atoms with Gasteiger partial charge in [0, 0.05) is 32.4 Å². The largest absolute Gasteiger partial charge is 0.480 e. The SMILES string of the molecule is O=C(O)C(CC1=CC=CC1)NS(=O)(=O)c1ccc(N2CCC(CCCC3CCN(S(=O)(=O)c4ccc(Cl)c(Cl)c4)CC3)CC2)nc1. The van der Waals surface area contributed by atoms with E-state index in [0.29, 0.717) is 42.2 Å². The fourth-order valence-electron chi connectivity index (χ4n) is 6.43. The first-order valence-electron chi connectivity index (χ1n) is 15.7. The number of allylic oxidation sites excluding steroid dienone is 3. The maximum atomic E-state index is 13.0. The summed E-state index contributed by atoms with van der Waals surface area (Å²) in [6.07, 6.45) is 14.6. The summed E-state index contributed by atoms with van der Waals surface area (Å²) < 4.78 is 55.8. The molecule has 14 heteroatoms. The number of pyridine rings is 1. The van der Waals surface area contributed by atoms with Crippen molar-refractivity contribution in [2.75, 3.05) is 31.1 Å². The molecule has 0 spiro atoms. The highest BCUT2D eigenvalue weighted by atomic mass is 35.5. The Morgan fingerprint density at radius 1 is 0.935 bits per heavy atom. The van der Waals surface area contributed by atoms with Crippen molar-refractivity contribution in [2.45, 2.75) is 73.6 Å². The predicted molar refractivity (Wildman–Crippen MR) is 179 cm³/mol. The Hall–Kier alpha value is -2.48. The van der Waals surface area contributed by atoms with E-state index in [-0.39, 0.29) is 21.2 Å². The average molecular weight is 712 g/mol. The van der Waals surface area contributed by atoms with Crippen LogP contribution in [0.2, 0.25) is 10.0 Å². The maximum Gasteiger partial charge on any atom is 0.322 e. The van der Waals surface area contributed by atoms with Gasteiger partial charge in [0.1, 0.15) is 16.8 Å². The van der Waals surface area contributed by atoms with Crippen molar-refractivity contribution >= 4 is 55.0 Å². The Morgan fingerprint density at radius 3 is 2.15 bits per heavy atom. The Kier molecular flexibility index (Phi) is 11.5. The fraction of sp³-hybridized carbons (Fsp3) is 0.500. The van der Waals surface area contributed by atoms with Crippen molar-refractivity contribution in [2.24, 2.45) is 11.8 Å². The third-order valence-electron chi connectivity index (χ3n) is 9.21. The molecule has 2 N–H and O–H groups in total. The van der Waals surface area contributed by atoms with E-state index in [4.69, 9.17) is 23.2 Å². The van der Waals surface area contributed by atoms with E-state index in [9.17, 15) is 26.7 Å². The van der Waals surface area contributed by atoms with Crippen LogP contribution in [0.1, 0.15) is 57.8 Å². The van der Waals surface area contributed by atoms with Gasteiger partial charge in [-0.2, -0.15) is 9.03 Å². The number of aromatic nitrogens is 1. The third kappa shape index (κ3) is 8.70. The first-order chi connectivity index (χ1) is 21.9. The topological polar surface area (TPSA) is 137 Å². The molecule has 0 bridgehead atoms. The molecule has 3 heterocycles. The molecule has 5 rings (SSSR count). The standard InChI is InChI=1S/C32H40Cl2N4O6S2/c33-28-10-8-26(21-29(28)34)46(43,44)38-18-14-24(15-19-38)7-3-6-23-12-16-37(17-13-23)31-11-9-27(22-35-31)45(41,42)36-30(32(39)40)20-25-4-1-2-5-25/h1-2,4,8-11,21-24,30,36H,3,5-7,12-20H2,(H,39,40). The molecular weight excluding hydrogens is 671 g/mol. The van der Waals surface area contributed by atoms with Crippen molar-refractivity contribution in [1.29, 1.82) is 0 Å². The van der Waals surface area contributed by atoms with E-state index in [1.54, 1.807) is 10.4 Å². The van der Waals surface area contributed by atoms with Crippen molar-refractivity contribution in [3.63, 3.8) is 0 Å². The lowest BCUT2D eigenvalue weighted by Gasteiger charge is -2.34. The Bertz CT molecular complexity index is 1670. The highest BCUT2D eigenvalue weighted by Gasteiger charge is 2.30. The predicted octanol–water partition coefficient (Wildman–Crippen LogP) is 5.88. The zero-order valence-corrected chi connectivity index (χ0v) is 28.7. The van der Waals surface area contributed by atoms with Crippen molar-refractivity contribution in [1.82, 2.24) is 14.0 Å². The number of carboxylic acids is 1. The van der Waals surface area contributed by atoms with Crippen molar-refractivity contribution in [3.8, 4) is 0 Å². The van der Waals surface area contributed by atoms with E-state index < -0.39 is 32.1 Å². The first-order valence-corrected chi connectivity index (χ1v) is 19.4. The van der Waals surface area contributed by atoms with E-state index in [0.717, 1.165) is 63.6 Å². The van der Waals surface area contributed by atoms with Gasteiger partial charge in [-0.05, 0) is 80.7 Å². The van der Waals surface area contributed by atoms with Crippen LogP contribution < -0.4 is 9.62 Å². The number of benzene rings is 1. The number of halogens is 2. The minimum absolute atomic E-state index is 0.0614. The fourth-order valence-corrected chi connectivity index (χ4v) is 9.42. The molecule has 46 heavy (non-hydrogen) atoms. The molecule has 0 amide bonds. The zero-order valence-electron chi connectivity index (χ0n) is 25.5. The van der Waals surface area contributed by atoms with Crippen LogP contribution in [-0.2, 0) is 24.8 Å². The van der Waals surface area contributed by atoms with Crippen LogP contribution in [0.5, 0.6) is 0 Å². The Morgan fingerprint density at radius 2 is 1.59 bits per heavy atom. The molecule has 1 aliphatic carbocycles. The number of hydrogen-bond acceptors (Lipinski definition) is 7. The van der Waals surface area contributed by atoms with Gasteiger partial charge >= 0.3 is 5.97 Å². The van der Waals surface area contributed by atoms with Gasteiger partial charge in [-0.1, -0.05) is 66.3 Å². The summed E-state index contributed by atoms with van der Waals surface area (Å²) >= 11 is 12.0. The summed E-state index contributed by atoms with van der Waals surface area (Å²) in [6, 6.07) is 6.34. The van der Waals surface area contributed by atoms with E-state index in [1.807, 2.05) is 18.2 Å². The molecule has 1 aromatic carbocycles. The Balaban J connectivity index is 1.03. The van der Waals surface area contributed by atoms with Gasteiger partial charge in [-0.25, -0.2) is 21.8 Å². The van der Waals surface area contributed by atoms with Gasteiger partial charge < -0.3 is 10.0 Å². The van der Waals surface area contributed by atoms with Gasteiger partial charge in [0.15, 0.2) is 0 Å². The summed E-state index contributed by atoms with van der Waals surface area (Å²) in [5, 5.41) is 10.1. The van der Waals surface area contributed by atoms with Crippen LogP contribution in [0.3, 0.4) is 0 Å². The highest BCUT2D eigenvalue weighted by Crippen LogP contribution is 2.32. The molecule has 2 aliphatic heterocycles. The Labute approximate surface area is 281 Å². The minimum atomic E-state index is -4.05. The number of carboxylic acid groups (broad SMARTS) is 1. The molecule has 0 saturated carbocycles. The number of aliphatic carboxylic acids is 1. The molecule has 10 nitrogen and oxygen atoms in total. The van der Waals surface area contributed by atoms with Crippen LogP contribution in [-0.4, -0.2) is 69.4 Å². The van der Waals surface area contributed by atoms with Gasteiger partial charge in [-0.15, -0.1) is 0 Å². The second-order valence-corrected chi connectivity index (χ2v) is 16.8. The molecule has 1 atom stereocenters. The normalized spacial score (nSPS) is 19.3. The lowest BCUT2D eigenvalue weighted by atomic mass is 9.87. The van der Waals surface area contributed by atoms with E-state index >= 15 is 0 Å². The quantitative estimate of drug-likeness (QED) is 0.263. The van der Waals surface area contributed by atoms with Crippen LogP contribution in [0, 0.1) is 11.8 Å². The second kappa shape index (κ2) is 15.2. The molecule has 3 aliphatic rings. The number of anilines is 1. The highest BCUT2D eigenvalue weighted by molar-refractivity contribution is 7.89. The smallest absolute Gasteiger partial charge is 0.322 e. The molecular formula is C32H40Cl2N4O6S2. The van der Waals surface area contributed by atoms with Crippen molar-refractivity contribution < 1.29 is 26.7 Å². The number of nitrogens with one attached hydrogen (secondary N) is 1. The van der Waals surface area contributed by atoms with Crippen LogP contribution in [0.15, 0.2) is 70.1 Å². The number of hydrogen-bond donors (Lipinski definition) is 2. The van der Waals surface area contributed by atoms with Crippen LogP contribution in [0.25, 0.3) is 0 Å². The summed E-state index contributed by atoms with van der Waals surface area (Å²) in [4.78, 5) is 18.4. The van der Waals surface area contributed by atoms with Crippen LogP contribution >= 0.6 is 23.2 Å². The molecule has 1 aromatic heterocycles. The second-order valence-electron chi connectivity index (χ2n) is 12.3.